The molecule has 4 N–H and O–H groups in total. The summed E-state index contributed by atoms with van der Waals surface area (Å²) in [6.45, 7) is 3.73. The fourth-order valence-corrected chi connectivity index (χ4v) is 1.95. The Balaban J connectivity index is 2.31. The van der Waals surface area contributed by atoms with Crippen LogP contribution in [0.15, 0.2) is 30.3 Å². The van der Waals surface area contributed by atoms with Crippen LogP contribution in [0.1, 0.15) is 21.6 Å². The van der Waals surface area contributed by atoms with Gasteiger partial charge < -0.3 is 10.7 Å². The number of amides is 1. The lowest BCUT2D eigenvalue weighted by Crippen LogP contribution is -2.19. The molecular formula is C14H15FN4O. The van der Waals surface area contributed by atoms with Crippen molar-refractivity contribution in [3.05, 3.63) is 53.0 Å². The molecule has 1 aromatic carbocycles. The highest BCUT2D eigenvalue weighted by Gasteiger charge is 2.15. The topological polar surface area (TPSA) is 80.0 Å². The first-order chi connectivity index (χ1) is 9.51. The standard InChI is InChI=1S/C14H15FN4O/c1-8-6-9(2)17-12(7-8)18-14(20)10-4-3-5-11(15)13(10)19-16/h3-7,19H,16H2,1-2H3,(H,17,18,20). The number of nitrogen functional groups attached to an aromatic ring is 1. The van der Waals surface area contributed by atoms with Crippen LogP contribution in [0.5, 0.6) is 0 Å². The van der Waals surface area contributed by atoms with E-state index in [9.17, 15) is 9.18 Å². The van der Waals surface area contributed by atoms with Crippen LogP contribution < -0.4 is 16.6 Å². The number of carbonyl (C=O) groups excluding carboxylic acids is 1. The van der Waals surface area contributed by atoms with Gasteiger partial charge in [-0.1, -0.05) is 6.07 Å². The van der Waals surface area contributed by atoms with Crippen molar-refractivity contribution in [3.8, 4) is 0 Å². The first kappa shape index (κ1) is 14.0. The van der Waals surface area contributed by atoms with Crippen molar-refractivity contribution < 1.29 is 9.18 Å². The van der Waals surface area contributed by atoms with Gasteiger partial charge in [0.25, 0.3) is 5.91 Å². The van der Waals surface area contributed by atoms with E-state index in [4.69, 9.17) is 5.84 Å². The molecule has 0 unspecified atom stereocenters. The number of carbonyl (C=O) groups is 1. The van der Waals surface area contributed by atoms with E-state index in [0.717, 1.165) is 11.3 Å². The molecule has 1 heterocycles. The number of pyridine rings is 1. The van der Waals surface area contributed by atoms with Crippen molar-refractivity contribution in [2.24, 2.45) is 5.84 Å². The Bertz CT molecular complexity index is 637. The zero-order valence-electron chi connectivity index (χ0n) is 11.2. The van der Waals surface area contributed by atoms with Crippen LogP contribution in [0.2, 0.25) is 0 Å². The number of para-hydroxylation sites is 1. The Morgan fingerprint density at radius 2 is 2.05 bits per heavy atom. The van der Waals surface area contributed by atoms with Crippen molar-refractivity contribution in [2.75, 3.05) is 10.7 Å². The van der Waals surface area contributed by atoms with E-state index in [1.165, 1.54) is 18.2 Å². The molecule has 5 nitrogen and oxygen atoms in total. The first-order valence-corrected chi connectivity index (χ1v) is 6.03. The molecule has 0 radical (unpaired) electrons. The minimum Gasteiger partial charge on any atom is -0.321 e. The molecule has 0 fully saturated rings. The molecule has 20 heavy (non-hydrogen) atoms. The average molecular weight is 274 g/mol. The molecule has 0 bridgehead atoms. The lowest BCUT2D eigenvalue weighted by atomic mass is 10.1. The van der Waals surface area contributed by atoms with Gasteiger partial charge >= 0.3 is 0 Å². The van der Waals surface area contributed by atoms with Gasteiger partial charge in [-0.2, -0.15) is 0 Å². The summed E-state index contributed by atoms with van der Waals surface area (Å²) in [6, 6.07) is 7.78. The van der Waals surface area contributed by atoms with E-state index in [2.05, 4.69) is 15.7 Å². The van der Waals surface area contributed by atoms with Gasteiger partial charge in [-0.05, 0) is 43.7 Å². The van der Waals surface area contributed by atoms with Gasteiger partial charge in [0.2, 0.25) is 0 Å². The van der Waals surface area contributed by atoms with Crippen LogP contribution >= 0.6 is 0 Å². The van der Waals surface area contributed by atoms with E-state index in [1.54, 1.807) is 6.07 Å². The van der Waals surface area contributed by atoms with Gasteiger partial charge in [0.15, 0.2) is 0 Å². The van der Waals surface area contributed by atoms with E-state index in [-0.39, 0.29) is 11.3 Å². The number of aryl methyl sites for hydroxylation is 2. The number of hydrazine groups is 1. The molecule has 1 aromatic heterocycles. The third-order valence-corrected chi connectivity index (χ3v) is 2.74. The number of halogens is 1. The molecule has 0 spiro atoms. The Labute approximate surface area is 116 Å². The third kappa shape index (κ3) is 2.92. The second-order valence-corrected chi connectivity index (χ2v) is 4.43. The number of benzene rings is 1. The molecule has 2 rings (SSSR count). The van der Waals surface area contributed by atoms with Gasteiger partial charge in [-0.25, -0.2) is 9.37 Å². The van der Waals surface area contributed by atoms with Crippen molar-refractivity contribution in [1.82, 2.24) is 4.98 Å². The largest absolute Gasteiger partial charge is 0.321 e. The van der Waals surface area contributed by atoms with E-state index < -0.39 is 11.7 Å². The average Bonchev–Trinajstić information content (AvgIpc) is 2.37. The van der Waals surface area contributed by atoms with Crippen LogP contribution in [0, 0.1) is 19.7 Å². The summed E-state index contributed by atoms with van der Waals surface area (Å²) >= 11 is 0. The summed E-state index contributed by atoms with van der Waals surface area (Å²) < 4.78 is 13.5. The van der Waals surface area contributed by atoms with Gasteiger partial charge in [0.05, 0.1) is 11.3 Å². The van der Waals surface area contributed by atoms with E-state index >= 15 is 0 Å². The predicted octanol–water partition coefficient (Wildman–Crippen LogP) is 2.38. The van der Waals surface area contributed by atoms with Crippen molar-refractivity contribution in [1.29, 1.82) is 0 Å². The Hall–Kier alpha value is -2.47. The number of anilines is 2. The first-order valence-electron chi connectivity index (χ1n) is 6.03. The van der Waals surface area contributed by atoms with Crippen molar-refractivity contribution >= 4 is 17.4 Å². The molecule has 0 atom stereocenters. The minimum atomic E-state index is -0.589. The number of hydrogen-bond acceptors (Lipinski definition) is 4. The highest BCUT2D eigenvalue weighted by atomic mass is 19.1. The van der Waals surface area contributed by atoms with E-state index in [1.807, 2.05) is 19.9 Å². The fraction of sp³-hybridized carbons (Fsp3) is 0.143. The number of hydrogen-bond donors (Lipinski definition) is 3. The lowest BCUT2D eigenvalue weighted by molar-refractivity contribution is 0.102. The van der Waals surface area contributed by atoms with Crippen molar-refractivity contribution in [2.45, 2.75) is 13.8 Å². The SMILES string of the molecule is Cc1cc(C)nc(NC(=O)c2cccc(F)c2NN)c1. The van der Waals surface area contributed by atoms with Crippen LogP contribution in [0.4, 0.5) is 15.9 Å². The normalized spacial score (nSPS) is 10.2. The molecule has 0 aliphatic rings. The zero-order valence-corrected chi connectivity index (χ0v) is 11.2. The second kappa shape index (κ2) is 5.66. The summed E-state index contributed by atoms with van der Waals surface area (Å²) in [4.78, 5) is 16.4. The van der Waals surface area contributed by atoms with Crippen LogP contribution in [0.25, 0.3) is 0 Å². The maximum absolute atomic E-state index is 13.5. The van der Waals surface area contributed by atoms with Gasteiger partial charge in [-0.15, -0.1) is 0 Å². The fourth-order valence-electron chi connectivity index (χ4n) is 1.95. The molecule has 104 valence electrons. The maximum Gasteiger partial charge on any atom is 0.259 e. The van der Waals surface area contributed by atoms with Gasteiger partial charge in [0.1, 0.15) is 11.6 Å². The number of rotatable bonds is 3. The molecule has 0 saturated carbocycles. The molecule has 0 aliphatic carbocycles. The quantitative estimate of drug-likeness (QED) is 0.593. The summed E-state index contributed by atoms with van der Waals surface area (Å²) in [7, 11) is 0. The lowest BCUT2D eigenvalue weighted by Gasteiger charge is -2.10. The van der Waals surface area contributed by atoms with Crippen LogP contribution in [0.3, 0.4) is 0 Å². The molecule has 2 aromatic rings. The third-order valence-electron chi connectivity index (χ3n) is 2.74. The number of aromatic nitrogens is 1. The molecule has 1 amide bonds. The monoisotopic (exact) mass is 274 g/mol. The zero-order chi connectivity index (χ0) is 14.7. The van der Waals surface area contributed by atoms with Crippen LogP contribution in [-0.4, -0.2) is 10.9 Å². The summed E-state index contributed by atoms with van der Waals surface area (Å²) in [5.41, 5.74) is 4.03. The Kier molecular flexibility index (Phi) is 3.95. The van der Waals surface area contributed by atoms with Gasteiger partial charge in [-0.3, -0.25) is 10.6 Å². The van der Waals surface area contributed by atoms with Crippen molar-refractivity contribution in [3.63, 3.8) is 0 Å². The van der Waals surface area contributed by atoms with E-state index in [0.29, 0.717) is 5.82 Å². The predicted molar refractivity (Wildman–Crippen MR) is 75.9 cm³/mol. The highest BCUT2D eigenvalue weighted by Crippen LogP contribution is 2.20. The smallest absolute Gasteiger partial charge is 0.259 e. The minimum absolute atomic E-state index is 0.0469. The Morgan fingerprint density at radius 3 is 2.70 bits per heavy atom. The Morgan fingerprint density at radius 1 is 1.30 bits per heavy atom. The summed E-state index contributed by atoms with van der Waals surface area (Å²) in [5, 5.41) is 2.63. The number of nitrogens with zero attached hydrogens (tertiary/aromatic N) is 1. The highest BCUT2D eigenvalue weighted by molar-refractivity contribution is 6.07. The molecular weight excluding hydrogens is 259 g/mol. The number of nitrogens with one attached hydrogen (secondary N) is 2. The molecule has 0 saturated heterocycles. The summed E-state index contributed by atoms with van der Waals surface area (Å²) in [6.07, 6.45) is 0. The number of nitrogens with two attached hydrogens (primary N) is 1. The van der Waals surface area contributed by atoms with Gasteiger partial charge in [0, 0.05) is 5.69 Å². The van der Waals surface area contributed by atoms with Crippen LogP contribution in [-0.2, 0) is 0 Å². The summed E-state index contributed by atoms with van der Waals surface area (Å²) in [5.74, 6) is 4.60. The second-order valence-electron chi connectivity index (χ2n) is 4.43. The molecule has 0 aliphatic heterocycles. The maximum atomic E-state index is 13.5. The molecule has 6 heteroatoms.